The van der Waals surface area contributed by atoms with Crippen molar-refractivity contribution in [1.82, 2.24) is 15.5 Å². The number of amides is 1. The number of nitrogens with one attached hydrogen (secondary N) is 2. The predicted octanol–water partition coefficient (Wildman–Crippen LogP) is 0.442. The van der Waals surface area contributed by atoms with Gasteiger partial charge in [-0.3, -0.25) is 9.69 Å². The maximum absolute atomic E-state index is 11.6. The van der Waals surface area contributed by atoms with Crippen LogP contribution in [-0.4, -0.2) is 50.1 Å². The summed E-state index contributed by atoms with van der Waals surface area (Å²) in [5.74, 6) is 0.894. The Hall–Kier alpha value is -0.610. The Morgan fingerprint density at radius 3 is 2.88 bits per heavy atom. The van der Waals surface area contributed by atoms with E-state index < -0.39 is 0 Å². The quantitative estimate of drug-likeness (QED) is 0.692. The number of nitrogens with zero attached hydrogens (tertiary/aromatic N) is 1. The highest BCUT2D eigenvalue weighted by atomic mass is 16.2. The first kappa shape index (κ1) is 13.5. The van der Waals surface area contributed by atoms with Gasteiger partial charge in [0.2, 0.25) is 5.91 Å². The molecule has 1 saturated heterocycles. The summed E-state index contributed by atoms with van der Waals surface area (Å²) in [6, 6.07) is 0.421. The van der Waals surface area contributed by atoms with Crippen molar-refractivity contribution in [3.05, 3.63) is 0 Å². The molecule has 1 amide bonds. The van der Waals surface area contributed by atoms with Crippen LogP contribution in [0.15, 0.2) is 0 Å². The Labute approximate surface area is 98.8 Å². The second-order valence-corrected chi connectivity index (χ2v) is 5.01. The smallest absolute Gasteiger partial charge is 0.234 e. The molecule has 16 heavy (non-hydrogen) atoms. The van der Waals surface area contributed by atoms with Gasteiger partial charge in [-0.1, -0.05) is 0 Å². The third-order valence-corrected chi connectivity index (χ3v) is 3.31. The van der Waals surface area contributed by atoms with E-state index in [0.29, 0.717) is 12.6 Å². The van der Waals surface area contributed by atoms with Crippen molar-refractivity contribution in [2.75, 3.05) is 33.2 Å². The maximum Gasteiger partial charge on any atom is 0.234 e. The van der Waals surface area contributed by atoms with Gasteiger partial charge in [0.25, 0.3) is 0 Å². The van der Waals surface area contributed by atoms with Gasteiger partial charge in [0.1, 0.15) is 0 Å². The lowest BCUT2D eigenvalue weighted by molar-refractivity contribution is -0.122. The SMILES string of the molecule is CC(C)N(C)CC(=O)NCCC1CCNC1. The maximum atomic E-state index is 11.6. The van der Waals surface area contributed by atoms with Crippen LogP contribution in [-0.2, 0) is 4.79 Å². The number of carbonyl (C=O) groups excluding carboxylic acids is 1. The van der Waals surface area contributed by atoms with Gasteiger partial charge < -0.3 is 10.6 Å². The normalized spacial score (nSPS) is 20.7. The fourth-order valence-corrected chi connectivity index (χ4v) is 1.84. The summed E-state index contributed by atoms with van der Waals surface area (Å²) in [5.41, 5.74) is 0. The Morgan fingerprint density at radius 2 is 2.31 bits per heavy atom. The van der Waals surface area contributed by atoms with Crippen LogP contribution in [0.4, 0.5) is 0 Å². The second kappa shape index (κ2) is 6.86. The standard InChI is InChI=1S/C12H25N3O/c1-10(2)15(3)9-12(16)14-7-5-11-4-6-13-8-11/h10-11,13H,4-9H2,1-3H3,(H,14,16). The van der Waals surface area contributed by atoms with E-state index in [4.69, 9.17) is 0 Å². The number of carbonyl (C=O) groups is 1. The Bertz CT molecular complexity index is 212. The van der Waals surface area contributed by atoms with E-state index in [0.717, 1.165) is 32.0 Å². The lowest BCUT2D eigenvalue weighted by atomic mass is 10.1. The van der Waals surface area contributed by atoms with Crippen LogP contribution in [0.3, 0.4) is 0 Å². The second-order valence-electron chi connectivity index (χ2n) is 5.01. The average molecular weight is 227 g/mol. The topological polar surface area (TPSA) is 44.4 Å². The van der Waals surface area contributed by atoms with Crippen LogP contribution >= 0.6 is 0 Å². The third kappa shape index (κ3) is 4.94. The van der Waals surface area contributed by atoms with Crippen molar-refractivity contribution in [2.24, 2.45) is 5.92 Å². The van der Waals surface area contributed by atoms with E-state index in [1.54, 1.807) is 0 Å². The van der Waals surface area contributed by atoms with Crippen LogP contribution in [0, 0.1) is 5.92 Å². The molecule has 0 radical (unpaired) electrons. The Kier molecular flexibility index (Phi) is 5.77. The molecule has 4 nitrogen and oxygen atoms in total. The molecule has 4 heteroatoms. The van der Waals surface area contributed by atoms with E-state index in [1.807, 2.05) is 11.9 Å². The Balaban J connectivity index is 2.05. The molecule has 0 aliphatic carbocycles. The molecule has 1 unspecified atom stereocenters. The minimum atomic E-state index is 0.141. The summed E-state index contributed by atoms with van der Waals surface area (Å²) in [4.78, 5) is 13.6. The molecule has 1 aliphatic heterocycles. The molecule has 0 aromatic heterocycles. The molecule has 1 fully saturated rings. The zero-order valence-electron chi connectivity index (χ0n) is 10.8. The van der Waals surface area contributed by atoms with E-state index >= 15 is 0 Å². The molecular formula is C12H25N3O. The molecule has 0 bridgehead atoms. The predicted molar refractivity (Wildman–Crippen MR) is 66.4 cm³/mol. The van der Waals surface area contributed by atoms with Crippen molar-refractivity contribution in [3.63, 3.8) is 0 Å². The van der Waals surface area contributed by atoms with Gasteiger partial charge in [-0.25, -0.2) is 0 Å². The zero-order valence-corrected chi connectivity index (χ0v) is 10.8. The van der Waals surface area contributed by atoms with Crippen LogP contribution < -0.4 is 10.6 Å². The minimum absolute atomic E-state index is 0.141. The molecule has 1 atom stereocenters. The van der Waals surface area contributed by atoms with Crippen molar-refractivity contribution >= 4 is 5.91 Å². The van der Waals surface area contributed by atoms with Crippen LogP contribution in [0.25, 0.3) is 0 Å². The summed E-state index contributed by atoms with van der Waals surface area (Å²) >= 11 is 0. The molecule has 0 aromatic carbocycles. The number of hydrogen-bond acceptors (Lipinski definition) is 3. The Morgan fingerprint density at radius 1 is 1.56 bits per heavy atom. The van der Waals surface area contributed by atoms with Crippen LogP contribution in [0.2, 0.25) is 0 Å². The molecule has 0 saturated carbocycles. The van der Waals surface area contributed by atoms with Crippen molar-refractivity contribution in [1.29, 1.82) is 0 Å². The minimum Gasteiger partial charge on any atom is -0.355 e. The third-order valence-electron chi connectivity index (χ3n) is 3.31. The first-order valence-corrected chi connectivity index (χ1v) is 6.27. The largest absolute Gasteiger partial charge is 0.355 e. The monoisotopic (exact) mass is 227 g/mol. The number of rotatable bonds is 6. The van der Waals surface area contributed by atoms with Gasteiger partial charge in [0.15, 0.2) is 0 Å². The van der Waals surface area contributed by atoms with Gasteiger partial charge in [0.05, 0.1) is 6.54 Å². The molecule has 1 aliphatic rings. The molecular weight excluding hydrogens is 202 g/mol. The highest BCUT2D eigenvalue weighted by Gasteiger charge is 2.14. The lowest BCUT2D eigenvalue weighted by Gasteiger charge is -2.20. The van der Waals surface area contributed by atoms with Crippen molar-refractivity contribution in [3.8, 4) is 0 Å². The van der Waals surface area contributed by atoms with E-state index in [2.05, 4.69) is 24.5 Å². The van der Waals surface area contributed by atoms with E-state index in [9.17, 15) is 4.79 Å². The number of likely N-dealkylation sites (N-methyl/N-ethyl adjacent to an activating group) is 1. The van der Waals surface area contributed by atoms with Gasteiger partial charge in [0, 0.05) is 12.6 Å². The highest BCUT2D eigenvalue weighted by molar-refractivity contribution is 5.77. The first-order chi connectivity index (χ1) is 7.59. The van der Waals surface area contributed by atoms with Gasteiger partial charge >= 0.3 is 0 Å². The number of hydrogen-bond donors (Lipinski definition) is 2. The first-order valence-electron chi connectivity index (χ1n) is 6.27. The zero-order chi connectivity index (χ0) is 12.0. The fraction of sp³-hybridized carbons (Fsp3) is 0.917. The summed E-state index contributed by atoms with van der Waals surface area (Å²) < 4.78 is 0. The molecule has 2 N–H and O–H groups in total. The molecule has 94 valence electrons. The summed E-state index contributed by atoms with van der Waals surface area (Å²) in [6.45, 7) is 7.75. The van der Waals surface area contributed by atoms with Crippen molar-refractivity contribution < 1.29 is 4.79 Å². The van der Waals surface area contributed by atoms with Gasteiger partial charge in [-0.2, -0.15) is 0 Å². The molecule has 1 rings (SSSR count). The van der Waals surface area contributed by atoms with Crippen LogP contribution in [0.1, 0.15) is 26.7 Å². The summed E-state index contributed by atoms with van der Waals surface area (Å²) in [7, 11) is 1.98. The highest BCUT2D eigenvalue weighted by Crippen LogP contribution is 2.10. The molecule has 0 spiro atoms. The van der Waals surface area contributed by atoms with Gasteiger partial charge in [-0.15, -0.1) is 0 Å². The fourth-order valence-electron chi connectivity index (χ4n) is 1.84. The van der Waals surface area contributed by atoms with Crippen LogP contribution in [0.5, 0.6) is 0 Å². The molecule has 1 heterocycles. The van der Waals surface area contributed by atoms with Gasteiger partial charge in [-0.05, 0) is 52.7 Å². The summed E-state index contributed by atoms with van der Waals surface area (Å²) in [6.07, 6.45) is 2.35. The van der Waals surface area contributed by atoms with E-state index in [1.165, 1.54) is 6.42 Å². The van der Waals surface area contributed by atoms with E-state index in [-0.39, 0.29) is 5.91 Å². The lowest BCUT2D eigenvalue weighted by Crippen LogP contribution is -2.39. The van der Waals surface area contributed by atoms with Crippen molar-refractivity contribution in [2.45, 2.75) is 32.7 Å². The average Bonchev–Trinajstić information content (AvgIpc) is 2.70. The molecule has 0 aromatic rings. The summed E-state index contributed by atoms with van der Waals surface area (Å²) in [5, 5.41) is 6.32.